The van der Waals surface area contributed by atoms with E-state index < -0.39 is 28.5 Å². The first-order valence-electron chi connectivity index (χ1n) is 12.8. The minimum absolute atomic E-state index is 0.0179. The fourth-order valence-electron chi connectivity index (χ4n) is 3.93. The number of hydrogen-bond donors (Lipinski definition) is 1. The number of nitrogens with zero attached hydrogens (tertiary/aromatic N) is 2. The van der Waals surface area contributed by atoms with Crippen LogP contribution in [0.3, 0.4) is 0 Å². The Morgan fingerprint density at radius 1 is 1.00 bits per heavy atom. The second-order valence-corrected chi connectivity index (χ2v) is 13.0. The molecular weight excluding hydrogens is 637 g/mol. The van der Waals surface area contributed by atoms with Crippen molar-refractivity contribution in [3.63, 3.8) is 0 Å². The minimum atomic E-state index is -4.14. The highest BCUT2D eigenvalue weighted by Gasteiger charge is 2.32. The highest BCUT2D eigenvalue weighted by Crippen LogP contribution is 2.27. The molecule has 0 fully saturated rings. The summed E-state index contributed by atoms with van der Waals surface area (Å²) in [6, 6.07) is 17.0. The predicted molar refractivity (Wildman–Crippen MR) is 164 cm³/mol. The van der Waals surface area contributed by atoms with Crippen molar-refractivity contribution in [3.05, 3.63) is 92.4 Å². The lowest BCUT2D eigenvalue weighted by Crippen LogP contribution is -2.51. The zero-order chi connectivity index (χ0) is 29.4. The lowest BCUT2D eigenvalue weighted by molar-refractivity contribution is -0.139. The fourth-order valence-corrected chi connectivity index (χ4v) is 6.07. The molecule has 0 aliphatic heterocycles. The fraction of sp³-hybridized carbons (Fsp3) is 0.310. The highest BCUT2D eigenvalue weighted by atomic mass is 79.9. The van der Waals surface area contributed by atoms with Crippen molar-refractivity contribution >= 4 is 66.7 Å². The molecule has 0 saturated heterocycles. The maximum atomic E-state index is 13.9. The summed E-state index contributed by atoms with van der Waals surface area (Å²) in [6.07, 6.45) is 1.69. The molecule has 0 unspecified atom stereocenters. The molecule has 214 valence electrons. The molecule has 40 heavy (non-hydrogen) atoms. The van der Waals surface area contributed by atoms with Crippen LogP contribution in [0.5, 0.6) is 0 Å². The molecule has 1 atom stereocenters. The van der Waals surface area contributed by atoms with Crippen LogP contribution in [0.25, 0.3) is 0 Å². The van der Waals surface area contributed by atoms with Gasteiger partial charge in [0.25, 0.3) is 10.0 Å². The van der Waals surface area contributed by atoms with Crippen molar-refractivity contribution in [2.45, 2.75) is 51.1 Å². The van der Waals surface area contributed by atoms with E-state index in [0.717, 1.165) is 27.2 Å². The van der Waals surface area contributed by atoms with Gasteiger partial charge in [-0.1, -0.05) is 76.2 Å². The van der Waals surface area contributed by atoms with E-state index >= 15 is 0 Å². The van der Waals surface area contributed by atoms with Crippen LogP contribution in [0.15, 0.2) is 76.1 Å². The number of aryl methyl sites for hydroxylation is 1. The number of sulfonamides is 1. The molecule has 0 aromatic heterocycles. The average molecular weight is 669 g/mol. The van der Waals surface area contributed by atoms with Gasteiger partial charge in [0.1, 0.15) is 12.6 Å². The van der Waals surface area contributed by atoms with Gasteiger partial charge in [0.2, 0.25) is 11.8 Å². The van der Waals surface area contributed by atoms with Crippen LogP contribution in [-0.2, 0) is 26.2 Å². The number of carbonyl (C=O) groups is 2. The zero-order valence-electron chi connectivity index (χ0n) is 22.5. The third-order valence-corrected chi connectivity index (χ3v) is 9.26. The van der Waals surface area contributed by atoms with Gasteiger partial charge >= 0.3 is 0 Å². The minimum Gasteiger partial charge on any atom is -0.354 e. The van der Waals surface area contributed by atoms with E-state index in [4.69, 9.17) is 23.2 Å². The van der Waals surface area contributed by atoms with E-state index in [2.05, 4.69) is 21.2 Å². The number of nitrogens with one attached hydrogen (secondary N) is 1. The standard InChI is InChI=1S/C29H32BrCl2N3O4S/c1-4-5-16-33-29(37)21(3)34(18-22-8-11-24(31)17-27(22)32)28(36)19-35(25-12-9-23(30)10-13-25)40(38,39)26-14-6-20(2)7-15-26/h6-15,17,21H,4-5,16,18-19H2,1-3H3,(H,33,37)/t21-/m0/s1. The first-order chi connectivity index (χ1) is 18.9. The van der Waals surface area contributed by atoms with E-state index in [1.165, 1.54) is 17.0 Å². The van der Waals surface area contributed by atoms with Gasteiger partial charge in [0.05, 0.1) is 10.6 Å². The molecule has 0 spiro atoms. The largest absolute Gasteiger partial charge is 0.354 e. The molecule has 0 saturated carbocycles. The third-order valence-electron chi connectivity index (χ3n) is 6.36. The predicted octanol–water partition coefficient (Wildman–Crippen LogP) is 6.59. The molecule has 7 nitrogen and oxygen atoms in total. The summed E-state index contributed by atoms with van der Waals surface area (Å²) in [4.78, 5) is 28.4. The monoisotopic (exact) mass is 667 g/mol. The molecule has 3 aromatic rings. The second kappa shape index (κ2) is 14.3. The van der Waals surface area contributed by atoms with Crippen LogP contribution in [0.4, 0.5) is 5.69 Å². The number of hydrogen-bond acceptors (Lipinski definition) is 4. The molecule has 3 rings (SSSR count). The number of anilines is 1. The Kier molecular flexibility index (Phi) is 11.5. The summed E-state index contributed by atoms with van der Waals surface area (Å²) in [5, 5.41) is 3.62. The Balaban J connectivity index is 2.01. The number of rotatable bonds is 12. The van der Waals surface area contributed by atoms with Gasteiger partial charge in [-0.25, -0.2) is 8.42 Å². The normalized spacial score (nSPS) is 12.1. The Morgan fingerprint density at radius 2 is 1.65 bits per heavy atom. The first-order valence-corrected chi connectivity index (χ1v) is 15.8. The number of carbonyl (C=O) groups excluding carboxylic acids is 2. The van der Waals surface area contributed by atoms with Crippen molar-refractivity contribution in [3.8, 4) is 0 Å². The second-order valence-electron chi connectivity index (χ2n) is 9.38. The van der Waals surface area contributed by atoms with Crippen LogP contribution in [0.2, 0.25) is 10.0 Å². The molecule has 0 heterocycles. The molecule has 0 aliphatic carbocycles. The lowest BCUT2D eigenvalue weighted by atomic mass is 10.1. The zero-order valence-corrected chi connectivity index (χ0v) is 26.4. The van der Waals surface area contributed by atoms with Crippen LogP contribution in [0, 0.1) is 6.92 Å². The van der Waals surface area contributed by atoms with Gasteiger partial charge in [-0.3, -0.25) is 13.9 Å². The van der Waals surface area contributed by atoms with E-state index in [-0.39, 0.29) is 17.3 Å². The quantitative estimate of drug-likeness (QED) is 0.221. The van der Waals surface area contributed by atoms with Crippen LogP contribution < -0.4 is 9.62 Å². The van der Waals surface area contributed by atoms with E-state index in [1.54, 1.807) is 61.5 Å². The molecule has 0 aliphatic rings. The van der Waals surface area contributed by atoms with Crippen molar-refractivity contribution in [1.29, 1.82) is 0 Å². The van der Waals surface area contributed by atoms with Gasteiger partial charge in [-0.2, -0.15) is 0 Å². The summed E-state index contributed by atoms with van der Waals surface area (Å²) < 4.78 is 29.5. The third kappa shape index (κ3) is 8.22. The number of unbranched alkanes of at least 4 members (excludes halogenated alkanes) is 1. The van der Waals surface area contributed by atoms with E-state index in [0.29, 0.717) is 27.8 Å². The van der Waals surface area contributed by atoms with Crippen LogP contribution in [0.1, 0.15) is 37.8 Å². The molecule has 2 amide bonds. The molecule has 11 heteroatoms. The summed E-state index contributed by atoms with van der Waals surface area (Å²) >= 11 is 15.8. The molecule has 0 radical (unpaired) electrons. The van der Waals surface area contributed by atoms with Crippen LogP contribution >= 0.6 is 39.1 Å². The molecule has 3 aromatic carbocycles. The molecular formula is C29H32BrCl2N3O4S. The van der Waals surface area contributed by atoms with E-state index in [9.17, 15) is 18.0 Å². The summed E-state index contributed by atoms with van der Waals surface area (Å²) in [7, 11) is -4.14. The Labute approximate surface area is 254 Å². The van der Waals surface area contributed by atoms with Crippen molar-refractivity contribution < 1.29 is 18.0 Å². The Hall–Kier alpha value is -2.59. The number of benzene rings is 3. The lowest BCUT2D eigenvalue weighted by Gasteiger charge is -2.32. The Morgan fingerprint density at radius 3 is 2.25 bits per heavy atom. The van der Waals surface area contributed by atoms with E-state index in [1.807, 2.05) is 13.8 Å². The number of amides is 2. The SMILES string of the molecule is CCCCNC(=O)[C@H](C)N(Cc1ccc(Cl)cc1Cl)C(=O)CN(c1ccc(Br)cc1)S(=O)(=O)c1ccc(C)cc1. The first kappa shape index (κ1) is 31.9. The molecule has 0 bridgehead atoms. The average Bonchev–Trinajstić information content (AvgIpc) is 2.91. The van der Waals surface area contributed by atoms with Gasteiger partial charge in [-0.15, -0.1) is 0 Å². The Bertz CT molecular complexity index is 1430. The maximum Gasteiger partial charge on any atom is 0.264 e. The van der Waals surface area contributed by atoms with Crippen LogP contribution in [-0.4, -0.2) is 44.3 Å². The van der Waals surface area contributed by atoms with Gasteiger partial charge in [0, 0.05) is 27.6 Å². The van der Waals surface area contributed by atoms with Gasteiger partial charge in [-0.05, 0) is 74.4 Å². The van der Waals surface area contributed by atoms with Crippen molar-refractivity contribution in [1.82, 2.24) is 10.2 Å². The smallest absolute Gasteiger partial charge is 0.264 e. The number of halogens is 3. The topological polar surface area (TPSA) is 86.8 Å². The summed E-state index contributed by atoms with van der Waals surface area (Å²) in [6.45, 7) is 5.40. The van der Waals surface area contributed by atoms with Crippen molar-refractivity contribution in [2.24, 2.45) is 0 Å². The van der Waals surface area contributed by atoms with Gasteiger partial charge in [0.15, 0.2) is 0 Å². The summed E-state index contributed by atoms with van der Waals surface area (Å²) in [5.41, 5.74) is 1.78. The maximum absolute atomic E-state index is 13.9. The summed E-state index contributed by atoms with van der Waals surface area (Å²) in [5.74, 6) is -0.911. The molecule has 1 N–H and O–H groups in total. The van der Waals surface area contributed by atoms with Crippen molar-refractivity contribution in [2.75, 3.05) is 17.4 Å². The van der Waals surface area contributed by atoms with Gasteiger partial charge < -0.3 is 10.2 Å². The highest BCUT2D eigenvalue weighted by molar-refractivity contribution is 9.10.